The lowest BCUT2D eigenvalue weighted by atomic mass is 10.0. The number of hydrogen-bond donors (Lipinski definition) is 0. The number of hydrogen-bond acceptors (Lipinski definition) is 0. The van der Waals surface area contributed by atoms with E-state index in [0.717, 1.165) is 5.56 Å². The molecule has 0 fully saturated rings. The van der Waals surface area contributed by atoms with Gasteiger partial charge in [0.05, 0.1) is 0 Å². The molecule has 0 saturated carbocycles. The Labute approximate surface area is 101 Å². The van der Waals surface area contributed by atoms with Gasteiger partial charge in [-0.2, -0.15) is 0 Å². The maximum Gasteiger partial charge on any atom is 0.197 e. The Balaban J connectivity index is 0.000000791. The molecule has 1 atom stereocenters. The van der Waals surface area contributed by atoms with E-state index in [1.807, 2.05) is 51.1 Å². The van der Waals surface area contributed by atoms with Crippen LogP contribution in [0.4, 0.5) is 0 Å². The molecular weight excluding hydrogens is 238 g/mol. The summed E-state index contributed by atoms with van der Waals surface area (Å²) in [7, 11) is 0. The highest BCUT2D eigenvalue weighted by Crippen LogP contribution is 2.40. The normalized spacial score (nSPS) is 12.7. The summed E-state index contributed by atoms with van der Waals surface area (Å²) >= 11 is 17.2. The van der Waals surface area contributed by atoms with E-state index >= 15 is 0 Å². The van der Waals surface area contributed by atoms with Crippen LogP contribution in [-0.4, -0.2) is 3.79 Å². The topological polar surface area (TPSA) is 0 Å². The van der Waals surface area contributed by atoms with Crippen LogP contribution in [0.15, 0.2) is 30.3 Å². The Kier molecular flexibility index (Phi) is 6.59. The van der Waals surface area contributed by atoms with Gasteiger partial charge in [-0.3, -0.25) is 0 Å². The van der Waals surface area contributed by atoms with Gasteiger partial charge in [-0.25, -0.2) is 0 Å². The predicted octanol–water partition coefficient (Wildman–Crippen LogP) is 5.19. The fourth-order valence-electron chi connectivity index (χ4n) is 0.931. The average molecular weight is 254 g/mol. The number of rotatable bonds is 1. The molecule has 0 bridgehead atoms. The van der Waals surface area contributed by atoms with Gasteiger partial charge < -0.3 is 0 Å². The van der Waals surface area contributed by atoms with Crippen LogP contribution in [0, 0.1) is 0 Å². The zero-order chi connectivity index (χ0) is 11.2. The van der Waals surface area contributed by atoms with E-state index < -0.39 is 3.79 Å². The van der Waals surface area contributed by atoms with E-state index in [0.29, 0.717) is 0 Å². The summed E-state index contributed by atoms with van der Waals surface area (Å²) in [5, 5.41) is 0. The van der Waals surface area contributed by atoms with Gasteiger partial charge in [0.1, 0.15) is 0 Å². The third-order valence-corrected chi connectivity index (χ3v) is 2.77. The summed E-state index contributed by atoms with van der Waals surface area (Å²) < 4.78 is -1.22. The van der Waals surface area contributed by atoms with Crippen molar-refractivity contribution in [1.82, 2.24) is 0 Å². The first kappa shape index (κ1) is 14.1. The fourth-order valence-corrected chi connectivity index (χ4v) is 1.31. The molecule has 1 aromatic rings. The molecule has 3 heteroatoms. The second-order valence-corrected chi connectivity index (χ2v) is 5.04. The van der Waals surface area contributed by atoms with Crippen molar-refractivity contribution in [3.05, 3.63) is 35.9 Å². The molecule has 0 saturated heterocycles. The standard InChI is InChI=1S/C9H9Cl3.C2H6/c1-7(9(10,11)12)8-5-3-2-4-6-8;1-2/h2-7H,1H3;1-2H3. The monoisotopic (exact) mass is 252 g/mol. The third kappa shape index (κ3) is 4.54. The summed E-state index contributed by atoms with van der Waals surface area (Å²) in [6.07, 6.45) is 0. The van der Waals surface area contributed by atoms with Gasteiger partial charge >= 0.3 is 0 Å². The van der Waals surface area contributed by atoms with Crippen molar-refractivity contribution in [3.63, 3.8) is 0 Å². The summed E-state index contributed by atoms with van der Waals surface area (Å²) in [5.41, 5.74) is 1.04. The van der Waals surface area contributed by atoms with Crippen molar-refractivity contribution in [2.45, 2.75) is 30.5 Å². The molecule has 0 aliphatic heterocycles. The van der Waals surface area contributed by atoms with Crippen molar-refractivity contribution in [2.24, 2.45) is 0 Å². The molecule has 1 aromatic carbocycles. The van der Waals surface area contributed by atoms with Gasteiger partial charge in [0.2, 0.25) is 0 Å². The van der Waals surface area contributed by atoms with E-state index in [-0.39, 0.29) is 5.92 Å². The van der Waals surface area contributed by atoms with Crippen LogP contribution in [-0.2, 0) is 0 Å². The first-order valence-electron chi connectivity index (χ1n) is 4.63. The zero-order valence-corrected chi connectivity index (χ0v) is 10.9. The molecule has 0 spiro atoms. The molecule has 0 heterocycles. The minimum absolute atomic E-state index is 0.0799. The molecule has 0 radical (unpaired) electrons. The Morgan fingerprint density at radius 2 is 1.43 bits per heavy atom. The number of halogens is 3. The smallest absolute Gasteiger partial charge is 0.0830 e. The third-order valence-electron chi connectivity index (χ3n) is 1.79. The molecule has 80 valence electrons. The summed E-state index contributed by atoms with van der Waals surface area (Å²) in [6, 6.07) is 9.71. The maximum atomic E-state index is 5.75. The van der Waals surface area contributed by atoms with Crippen LogP contribution < -0.4 is 0 Å². The Morgan fingerprint density at radius 3 is 1.79 bits per heavy atom. The Hall–Kier alpha value is 0.0900. The van der Waals surface area contributed by atoms with Crippen molar-refractivity contribution in [2.75, 3.05) is 0 Å². The van der Waals surface area contributed by atoms with Crippen molar-refractivity contribution in [3.8, 4) is 0 Å². The van der Waals surface area contributed by atoms with Gasteiger partial charge in [-0.1, -0.05) is 85.9 Å². The lowest BCUT2D eigenvalue weighted by molar-refractivity contribution is 0.789. The fraction of sp³-hybridized carbons (Fsp3) is 0.455. The average Bonchev–Trinajstić information content (AvgIpc) is 2.20. The van der Waals surface area contributed by atoms with Crippen LogP contribution >= 0.6 is 34.8 Å². The Morgan fingerprint density at radius 1 is 1.00 bits per heavy atom. The van der Waals surface area contributed by atoms with Crippen LogP contribution in [0.3, 0.4) is 0 Å². The zero-order valence-electron chi connectivity index (χ0n) is 8.60. The van der Waals surface area contributed by atoms with Gasteiger partial charge in [0.15, 0.2) is 3.79 Å². The summed E-state index contributed by atoms with van der Waals surface area (Å²) in [6.45, 7) is 5.89. The molecule has 0 nitrogen and oxygen atoms in total. The minimum atomic E-state index is -1.22. The molecule has 0 N–H and O–H groups in total. The van der Waals surface area contributed by atoms with Crippen LogP contribution in [0.5, 0.6) is 0 Å². The quantitative estimate of drug-likeness (QED) is 0.605. The SMILES string of the molecule is CC.CC(c1ccccc1)C(Cl)(Cl)Cl. The summed E-state index contributed by atoms with van der Waals surface area (Å²) in [4.78, 5) is 0. The highest BCUT2D eigenvalue weighted by atomic mass is 35.6. The molecule has 14 heavy (non-hydrogen) atoms. The largest absolute Gasteiger partial charge is 0.197 e. The van der Waals surface area contributed by atoms with Gasteiger partial charge in [-0.05, 0) is 5.56 Å². The molecule has 0 aromatic heterocycles. The van der Waals surface area contributed by atoms with Crippen molar-refractivity contribution < 1.29 is 0 Å². The molecular formula is C11H15Cl3. The van der Waals surface area contributed by atoms with E-state index in [9.17, 15) is 0 Å². The number of benzene rings is 1. The van der Waals surface area contributed by atoms with Crippen LogP contribution in [0.2, 0.25) is 0 Å². The van der Waals surface area contributed by atoms with E-state index in [4.69, 9.17) is 34.8 Å². The predicted molar refractivity (Wildman–Crippen MR) is 66.5 cm³/mol. The van der Waals surface area contributed by atoms with E-state index in [2.05, 4.69) is 0 Å². The summed E-state index contributed by atoms with van der Waals surface area (Å²) in [5.74, 6) is -0.0799. The first-order valence-corrected chi connectivity index (χ1v) is 5.77. The molecule has 0 aliphatic carbocycles. The molecule has 0 aliphatic rings. The highest BCUT2D eigenvalue weighted by molar-refractivity contribution is 6.68. The number of alkyl halides is 3. The van der Waals surface area contributed by atoms with E-state index in [1.165, 1.54) is 0 Å². The second kappa shape index (κ2) is 6.55. The lowest BCUT2D eigenvalue weighted by Gasteiger charge is -2.19. The molecule has 0 amide bonds. The van der Waals surface area contributed by atoms with E-state index in [1.54, 1.807) is 0 Å². The van der Waals surface area contributed by atoms with Crippen molar-refractivity contribution >= 4 is 34.8 Å². The minimum Gasteiger partial charge on any atom is -0.0830 e. The Bertz CT molecular complexity index is 238. The van der Waals surface area contributed by atoms with Crippen LogP contribution in [0.1, 0.15) is 32.3 Å². The van der Waals surface area contributed by atoms with Crippen molar-refractivity contribution in [1.29, 1.82) is 0 Å². The van der Waals surface area contributed by atoms with Gasteiger partial charge in [-0.15, -0.1) is 0 Å². The lowest BCUT2D eigenvalue weighted by Crippen LogP contribution is -2.13. The molecule has 1 rings (SSSR count). The molecule has 1 unspecified atom stereocenters. The first-order chi connectivity index (χ1) is 6.52. The van der Waals surface area contributed by atoms with Gasteiger partial charge in [0, 0.05) is 5.92 Å². The van der Waals surface area contributed by atoms with Gasteiger partial charge in [0.25, 0.3) is 0 Å². The second-order valence-electron chi connectivity index (χ2n) is 2.67. The highest BCUT2D eigenvalue weighted by Gasteiger charge is 2.29. The maximum absolute atomic E-state index is 5.75. The van der Waals surface area contributed by atoms with Crippen LogP contribution in [0.25, 0.3) is 0 Å².